The molecular formula is C22H21F3N6O. The van der Waals surface area contributed by atoms with Crippen molar-refractivity contribution in [2.45, 2.75) is 19.5 Å². The topological polar surface area (TPSA) is 90.8 Å². The summed E-state index contributed by atoms with van der Waals surface area (Å²) in [7, 11) is 1.79. The van der Waals surface area contributed by atoms with E-state index in [-0.39, 0.29) is 6.54 Å². The van der Waals surface area contributed by atoms with Crippen molar-refractivity contribution in [2.24, 2.45) is 12.8 Å². The number of fused-ring (bicyclic) bond motifs is 1. The van der Waals surface area contributed by atoms with Crippen molar-refractivity contribution in [1.82, 2.24) is 19.3 Å². The van der Waals surface area contributed by atoms with E-state index in [0.717, 1.165) is 16.9 Å². The summed E-state index contributed by atoms with van der Waals surface area (Å²) in [4.78, 5) is 16.0. The number of aryl methyl sites for hydroxylation is 2. The minimum absolute atomic E-state index is 0.271. The number of halogens is 3. The van der Waals surface area contributed by atoms with E-state index in [1.54, 1.807) is 49.4 Å². The van der Waals surface area contributed by atoms with Gasteiger partial charge < -0.3 is 11.1 Å². The second kappa shape index (κ2) is 8.03. The first-order chi connectivity index (χ1) is 15.1. The van der Waals surface area contributed by atoms with Gasteiger partial charge in [-0.05, 0) is 48.9 Å². The summed E-state index contributed by atoms with van der Waals surface area (Å²) in [6.07, 6.45) is -1.96. The van der Waals surface area contributed by atoms with Crippen molar-refractivity contribution in [1.29, 1.82) is 0 Å². The third-order valence-corrected chi connectivity index (χ3v) is 5.25. The number of primary amides is 1. The molecule has 0 aliphatic carbocycles. The van der Waals surface area contributed by atoms with Gasteiger partial charge in [0, 0.05) is 36.6 Å². The Morgan fingerprint density at radius 3 is 2.59 bits per heavy atom. The monoisotopic (exact) mass is 442 g/mol. The van der Waals surface area contributed by atoms with E-state index in [9.17, 15) is 18.0 Å². The molecule has 2 heterocycles. The maximum absolute atomic E-state index is 12.7. The van der Waals surface area contributed by atoms with Crippen LogP contribution in [0.25, 0.3) is 28.0 Å². The molecule has 32 heavy (non-hydrogen) atoms. The number of nitrogens with zero attached hydrogens (tertiary/aromatic N) is 4. The number of nitrogens with one attached hydrogen (secondary N) is 1. The Morgan fingerprint density at radius 1 is 1.19 bits per heavy atom. The molecule has 4 aromatic rings. The Bertz CT molecular complexity index is 1300. The summed E-state index contributed by atoms with van der Waals surface area (Å²) in [6.45, 7) is 1.51. The van der Waals surface area contributed by atoms with Crippen LogP contribution in [-0.2, 0) is 7.05 Å². The number of carbonyl (C=O) groups is 1. The molecule has 4 rings (SSSR count). The van der Waals surface area contributed by atoms with Crippen LogP contribution in [0.15, 0.2) is 48.9 Å². The molecule has 0 spiro atoms. The Labute approximate surface area is 181 Å². The van der Waals surface area contributed by atoms with E-state index < -0.39 is 18.5 Å². The van der Waals surface area contributed by atoms with E-state index in [4.69, 9.17) is 5.73 Å². The second-order valence-corrected chi connectivity index (χ2v) is 7.50. The number of hydrogen-bond donors (Lipinski definition) is 2. The van der Waals surface area contributed by atoms with Crippen LogP contribution in [0.3, 0.4) is 0 Å². The van der Waals surface area contributed by atoms with Crippen LogP contribution in [0.1, 0.15) is 22.3 Å². The molecule has 0 bridgehead atoms. The van der Waals surface area contributed by atoms with Gasteiger partial charge in [-0.2, -0.15) is 18.3 Å². The van der Waals surface area contributed by atoms with Crippen LogP contribution in [0.2, 0.25) is 0 Å². The molecule has 10 heteroatoms. The van der Waals surface area contributed by atoms with E-state index in [2.05, 4.69) is 15.4 Å². The molecule has 2 aromatic heterocycles. The summed E-state index contributed by atoms with van der Waals surface area (Å²) >= 11 is 0. The predicted octanol–water partition coefficient (Wildman–Crippen LogP) is 4.20. The zero-order valence-corrected chi connectivity index (χ0v) is 17.4. The zero-order valence-electron chi connectivity index (χ0n) is 17.4. The lowest BCUT2D eigenvalue weighted by molar-refractivity contribution is -0.131. The predicted molar refractivity (Wildman–Crippen MR) is 116 cm³/mol. The average molecular weight is 442 g/mol. The highest BCUT2D eigenvalue weighted by molar-refractivity contribution is 5.95. The molecule has 0 atom stereocenters. The van der Waals surface area contributed by atoms with Gasteiger partial charge in [0.2, 0.25) is 5.91 Å². The van der Waals surface area contributed by atoms with Gasteiger partial charge in [-0.25, -0.2) is 4.98 Å². The van der Waals surface area contributed by atoms with Crippen LogP contribution in [-0.4, -0.2) is 38.0 Å². The first-order valence-electron chi connectivity index (χ1n) is 9.85. The molecule has 0 aliphatic heterocycles. The third kappa shape index (κ3) is 4.16. The number of aromatic nitrogens is 4. The van der Waals surface area contributed by atoms with Crippen LogP contribution in [0.5, 0.6) is 0 Å². The molecule has 1 amide bonds. The largest absolute Gasteiger partial charge is 0.390 e. The first kappa shape index (κ1) is 21.4. The molecule has 3 N–H and O–H groups in total. The summed E-state index contributed by atoms with van der Waals surface area (Å²) in [5, 5.41) is 7.06. The van der Waals surface area contributed by atoms with Crippen molar-refractivity contribution in [3.63, 3.8) is 0 Å². The standard InChI is InChI=1S/C22H21F3N6O/c1-13-9-15(3-4-16(13)21(26)32)31-12-28-20-17(27-8-6-22(23,24)25)10-14(11-19(20)31)18-5-7-29-30(18)2/h3-5,7,9-12,27H,6,8H2,1-2H3,(H2,26,32). The van der Waals surface area contributed by atoms with Crippen molar-refractivity contribution in [3.05, 3.63) is 60.0 Å². The fourth-order valence-corrected chi connectivity index (χ4v) is 3.67. The average Bonchev–Trinajstić information content (AvgIpc) is 3.32. The van der Waals surface area contributed by atoms with Gasteiger partial charge in [-0.3, -0.25) is 14.0 Å². The molecule has 0 fully saturated rings. The number of benzene rings is 2. The first-order valence-corrected chi connectivity index (χ1v) is 9.85. The van der Waals surface area contributed by atoms with Crippen molar-refractivity contribution >= 4 is 22.6 Å². The van der Waals surface area contributed by atoms with Gasteiger partial charge in [-0.15, -0.1) is 0 Å². The van der Waals surface area contributed by atoms with Gasteiger partial charge >= 0.3 is 6.18 Å². The van der Waals surface area contributed by atoms with Crippen molar-refractivity contribution < 1.29 is 18.0 Å². The molecule has 0 saturated heterocycles. The Kier molecular flexibility index (Phi) is 5.37. The highest BCUT2D eigenvalue weighted by atomic mass is 19.4. The van der Waals surface area contributed by atoms with Gasteiger partial charge in [0.1, 0.15) is 11.8 Å². The van der Waals surface area contributed by atoms with Crippen LogP contribution >= 0.6 is 0 Å². The smallest absolute Gasteiger partial charge is 0.383 e. The summed E-state index contributed by atoms with van der Waals surface area (Å²) < 4.78 is 41.5. The van der Waals surface area contributed by atoms with E-state index in [1.165, 1.54) is 0 Å². The molecule has 0 aliphatic rings. The summed E-state index contributed by atoms with van der Waals surface area (Å²) in [6, 6.07) is 10.7. The van der Waals surface area contributed by atoms with Gasteiger partial charge in [0.15, 0.2) is 0 Å². The third-order valence-electron chi connectivity index (χ3n) is 5.25. The number of hydrogen-bond acceptors (Lipinski definition) is 4. The number of amides is 1. The maximum atomic E-state index is 12.7. The second-order valence-electron chi connectivity index (χ2n) is 7.50. The zero-order chi connectivity index (χ0) is 23.0. The molecule has 0 radical (unpaired) electrons. The highest BCUT2D eigenvalue weighted by Crippen LogP contribution is 2.32. The molecule has 0 unspecified atom stereocenters. The fraction of sp³-hybridized carbons (Fsp3) is 0.227. The molecule has 166 valence electrons. The molecule has 7 nitrogen and oxygen atoms in total. The minimum Gasteiger partial charge on any atom is -0.383 e. The van der Waals surface area contributed by atoms with Crippen LogP contribution < -0.4 is 11.1 Å². The van der Waals surface area contributed by atoms with Crippen molar-refractivity contribution in [2.75, 3.05) is 11.9 Å². The lowest BCUT2D eigenvalue weighted by Gasteiger charge is -2.13. The van der Waals surface area contributed by atoms with E-state index in [0.29, 0.717) is 27.8 Å². The van der Waals surface area contributed by atoms with Crippen molar-refractivity contribution in [3.8, 4) is 16.9 Å². The van der Waals surface area contributed by atoms with E-state index >= 15 is 0 Å². The SMILES string of the molecule is Cc1cc(-n2cnc3c(NCCC(F)(F)F)cc(-c4ccnn4C)cc32)ccc1C(N)=O. The maximum Gasteiger partial charge on any atom is 0.390 e. The number of anilines is 1. The summed E-state index contributed by atoms with van der Waals surface area (Å²) in [5.74, 6) is -0.515. The van der Waals surface area contributed by atoms with E-state index in [1.807, 2.05) is 22.8 Å². The Hall–Kier alpha value is -3.82. The number of carbonyl (C=O) groups excluding carboxylic acids is 1. The lowest BCUT2D eigenvalue weighted by Crippen LogP contribution is -2.14. The fourth-order valence-electron chi connectivity index (χ4n) is 3.67. The molecule has 0 saturated carbocycles. The van der Waals surface area contributed by atoms with Crippen LogP contribution in [0.4, 0.5) is 18.9 Å². The molecule has 2 aromatic carbocycles. The summed E-state index contributed by atoms with van der Waals surface area (Å²) in [5.41, 5.74) is 10.6. The number of alkyl halides is 3. The molecular weight excluding hydrogens is 421 g/mol. The van der Waals surface area contributed by atoms with Gasteiger partial charge in [0.05, 0.1) is 23.3 Å². The number of imidazole rings is 1. The number of rotatable bonds is 6. The highest BCUT2D eigenvalue weighted by Gasteiger charge is 2.26. The Balaban J connectivity index is 1.84. The normalized spacial score (nSPS) is 11.8. The minimum atomic E-state index is -4.26. The van der Waals surface area contributed by atoms with Gasteiger partial charge in [-0.1, -0.05) is 0 Å². The Morgan fingerprint density at radius 2 is 1.97 bits per heavy atom. The van der Waals surface area contributed by atoms with Crippen LogP contribution in [0, 0.1) is 6.92 Å². The van der Waals surface area contributed by atoms with Gasteiger partial charge in [0.25, 0.3) is 0 Å². The number of nitrogens with two attached hydrogens (primary N) is 1. The quantitative estimate of drug-likeness (QED) is 0.468. The lowest BCUT2D eigenvalue weighted by atomic mass is 10.1.